The van der Waals surface area contributed by atoms with Gasteiger partial charge < -0.3 is 9.64 Å². The minimum Gasteiger partial charge on any atom is -0.496 e. The molecule has 2 atom stereocenters. The Hall–Kier alpha value is -0.540. The van der Waals surface area contributed by atoms with Gasteiger partial charge in [0.25, 0.3) is 0 Å². The molecular weight excluding hydrogens is 314 g/mol. The lowest BCUT2D eigenvalue weighted by Gasteiger charge is -2.30. The average molecular weight is 342 g/mol. The Labute approximate surface area is 132 Å². The third kappa shape index (κ3) is 5.10. The molecule has 1 aromatic rings. The van der Waals surface area contributed by atoms with E-state index in [1.165, 1.54) is 5.56 Å². The van der Waals surface area contributed by atoms with Crippen LogP contribution in [0.3, 0.4) is 0 Å². The summed E-state index contributed by atoms with van der Waals surface area (Å²) in [5.41, 5.74) is 1.29. The van der Waals surface area contributed by atoms with Crippen molar-refractivity contribution in [2.24, 2.45) is 11.8 Å². The number of benzene rings is 1. The number of rotatable bonds is 8. The standard InChI is InChI=1S/C17H28BrNO/c1-13(2)16(11-18)12-19(4)14(3)10-15-8-6-7-9-17(15)20-5/h6-9,13-14,16H,10-12H2,1-5H3. The number of nitrogens with zero attached hydrogens (tertiary/aromatic N) is 1. The van der Waals surface area contributed by atoms with Crippen molar-refractivity contribution in [1.29, 1.82) is 0 Å². The van der Waals surface area contributed by atoms with Crippen LogP contribution < -0.4 is 4.74 Å². The molecule has 0 amide bonds. The summed E-state index contributed by atoms with van der Waals surface area (Å²) in [6, 6.07) is 8.81. The lowest BCUT2D eigenvalue weighted by atomic mass is 9.96. The fraction of sp³-hybridized carbons (Fsp3) is 0.647. The van der Waals surface area contributed by atoms with E-state index in [2.05, 4.69) is 60.8 Å². The van der Waals surface area contributed by atoms with Crippen LogP contribution in [0.4, 0.5) is 0 Å². The maximum absolute atomic E-state index is 5.44. The van der Waals surface area contributed by atoms with E-state index in [-0.39, 0.29) is 0 Å². The molecule has 2 nitrogen and oxygen atoms in total. The van der Waals surface area contributed by atoms with Gasteiger partial charge >= 0.3 is 0 Å². The zero-order valence-electron chi connectivity index (χ0n) is 13.4. The number of halogens is 1. The number of ether oxygens (including phenoxy) is 1. The van der Waals surface area contributed by atoms with E-state index in [1.807, 2.05) is 12.1 Å². The molecule has 2 unspecified atom stereocenters. The van der Waals surface area contributed by atoms with Gasteiger partial charge in [0.15, 0.2) is 0 Å². The second kappa shape index (κ2) is 8.68. The number of hydrogen-bond acceptors (Lipinski definition) is 2. The van der Waals surface area contributed by atoms with E-state index in [1.54, 1.807) is 7.11 Å². The average Bonchev–Trinajstić information content (AvgIpc) is 2.44. The predicted octanol–water partition coefficient (Wildman–Crippen LogP) is 4.23. The lowest BCUT2D eigenvalue weighted by Crippen LogP contribution is -2.37. The molecule has 3 heteroatoms. The molecule has 114 valence electrons. The van der Waals surface area contributed by atoms with Crippen LogP contribution in [-0.2, 0) is 6.42 Å². The smallest absolute Gasteiger partial charge is 0.122 e. The molecule has 0 N–H and O–H groups in total. The van der Waals surface area contributed by atoms with Crippen molar-refractivity contribution in [2.45, 2.75) is 33.2 Å². The topological polar surface area (TPSA) is 12.5 Å². The molecule has 0 aliphatic carbocycles. The van der Waals surface area contributed by atoms with Crippen molar-refractivity contribution in [1.82, 2.24) is 4.90 Å². The molecule has 0 aliphatic rings. The number of methoxy groups -OCH3 is 1. The fourth-order valence-corrected chi connectivity index (χ4v) is 3.29. The minimum atomic E-state index is 0.506. The van der Waals surface area contributed by atoms with Gasteiger partial charge in [-0.25, -0.2) is 0 Å². The van der Waals surface area contributed by atoms with Gasteiger partial charge in [-0.1, -0.05) is 48.0 Å². The summed E-state index contributed by atoms with van der Waals surface area (Å²) in [5.74, 6) is 2.39. The van der Waals surface area contributed by atoms with Crippen LogP contribution in [0.15, 0.2) is 24.3 Å². The Bertz CT molecular complexity index is 394. The highest BCUT2D eigenvalue weighted by molar-refractivity contribution is 9.09. The van der Waals surface area contributed by atoms with Gasteiger partial charge in [-0.2, -0.15) is 0 Å². The van der Waals surface area contributed by atoms with Crippen LogP contribution in [0.1, 0.15) is 26.3 Å². The summed E-state index contributed by atoms with van der Waals surface area (Å²) < 4.78 is 5.44. The number of hydrogen-bond donors (Lipinski definition) is 0. The molecule has 0 radical (unpaired) electrons. The molecular formula is C17H28BrNO. The maximum Gasteiger partial charge on any atom is 0.122 e. The molecule has 0 fully saturated rings. The second-order valence-electron chi connectivity index (χ2n) is 5.96. The first-order valence-electron chi connectivity index (χ1n) is 7.37. The van der Waals surface area contributed by atoms with Crippen molar-refractivity contribution < 1.29 is 4.74 Å². The Morgan fingerprint density at radius 1 is 1.20 bits per heavy atom. The molecule has 0 spiro atoms. The van der Waals surface area contributed by atoms with Gasteiger partial charge in [-0.3, -0.25) is 0 Å². The van der Waals surface area contributed by atoms with Crippen LogP contribution >= 0.6 is 15.9 Å². The zero-order valence-corrected chi connectivity index (χ0v) is 15.0. The summed E-state index contributed by atoms with van der Waals surface area (Å²) in [6.07, 6.45) is 1.02. The van der Waals surface area contributed by atoms with Crippen molar-refractivity contribution in [3.63, 3.8) is 0 Å². The first-order chi connectivity index (χ1) is 9.49. The molecule has 1 rings (SSSR count). The Balaban J connectivity index is 2.63. The van der Waals surface area contributed by atoms with E-state index in [9.17, 15) is 0 Å². The third-order valence-electron chi connectivity index (χ3n) is 4.12. The summed E-state index contributed by atoms with van der Waals surface area (Å²) in [4.78, 5) is 2.46. The van der Waals surface area contributed by atoms with Gasteiger partial charge in [-0.05, 0) is 43.9 Å². The lowest BCUT2D eigenvalue weighted by molar-refractivity contribution is 0.202. The Morgan fingerprint density at radius 2 is 1.85 bits per heavy atom. The van der Waals surface area contributed by atoms with Crippen LogP contribution in [0.2, 0.25) is 0 Å². The third-order valence-corrected chi connectivity index (χ3v) is 4.96. The highest BCUT2D eigenvalue weighted by Gasteiger charge is 2.18. The van der Waals surface area contributed by atoms with Gasteiger partial charge in [0.05, 0.1) is 7.11 Å². The van der Waals surface area contributed by atoms with Crippen molar-refractivity contribution in [3.8, 4) is 5.75 Å². The first-order valence-corrected chi connectivity index (χ1v) is 8.49. The summed E-state index contributed by atoms with van der Waals surface area (Å²) in [5, 5.41) is 1.07. The highest BCUT2D eigenvalue weighted by atomic mass is 79.9. The van der Waals surface area contributed by atoms with Crippen LogP contribution in [0.5, 0.6) is 5.75 Å². The highest BCUT2D eigenvalue weighted by Crippen LogP contribution is 2.21. The van der Waals surface area contributed by atoms with Crippen molar-refractivity contribution in [3.05, 3.63) is 29.8 Å². The molecule has 0 saturated carbocycles. The van der Waals surface area contributed by atoms with E-state index in [0.717, 1.165) is 24.0 Å². The normalized spacial score (nSPS) is 14.6. The van der Waals surface area contributed by atoms with Crippen LogP contribution in [0.25, 0.3) is 0 Å². The number of likely N-dealkylation sites (N-methyl/N-ethyl adjacent to an activating group) is 1. The molecule has 0 heterocycles. The number of alkyl halides is 1. The van der Waals surface area contributed by atoms with Crippen molar-refractivity contribution >= 4 is 15.9 Å². The molecule has 0 aliphatic heterocycles. The number of para-hydroxylation sites is 1. The second-order valence-corrected chi connectivity index (χ2v) is 6.61. The Kier molecular flexibility index (Phi) is 7.60. The zero-order chi connectivity index (χ0) is 15.1. The van der Waals surface area contributed by atoms with E-state index in [0.29, 0.717) is 17.9 Å². The van der Waals surface area contributed by atoms with Crippen LogP contribution in [0, 0.1) is 11.8 Å². The van der Waals surface area contributed by atoms with Gasteiger partial charge in [0.2, 0.25) is 0 Å². The first kappa shape index (κ1) is 17.5. The monoisotopic (exact) mass is 341 g/mol. The fourth-order valence-electron chi connectivity index (χ4n) is 2.33. The van der Waals surface area contributed by atoms with E-state index < -0.39 is 0 Å². The van der Waals surface area contributed by atoms with Gasteiger partial charge in [-0.15, -0.1) is 0 Å². The molecule has 1 aromatic carbocycles. The quantitative estimate of drug-likeness (QED) is 0.656. The van der Waals surface area contributed by atoms with Crippen molar-refractivity contribution in [2.75, 3.05) is 26.0 Å². The molecule has 0 saturated heterocycles. The molecule has 0 bridgehead atoms. The largest absolute Gasteiger partial charge is 0.496 e. The summed E-state index contributed by atoms with van der Waals surface area (Å²) in [7, 11) is 3.96. The minimum absolute atomic E-state index is 0.506. The maximum atomic E-state index is 5.44. The molecule has 0 aromatic heterocycles. The predicted molar refractivity (Wildman–Crippen MR) is 90.9 cm³/mol. The van der Waals surface area contributed by atoms with E-state index in [4.69, 9.17) is 4.74 Å². The van der Waals surface area contributed by atoms with Gasteiger partial charge in [0, 0.05) is 17.9 Å². The Morgan fingerprint density at radius 3 is 2.40 bits per heavy atom. The van der Waals surface area contributed by atoms with Crippen LogP contribution in [-0.4, -0.2) is 37.0 Å². The summed E-state index contributed by atoms with van der Waals surface area (Å²) in [6.45, 7) is 8.01. The molecule has 20 heavy (non-hydrogen) atoms. The van der Waals surface area contributed by atoms with Gasteiger partial charge in [0.1, 0.15) is 5.75 Å². The van der Waals surface area contributed by atoms with E-state index >= 15 is 0 Å². The summed E-state index contributed by atoms with van der Waals surface area (Å²) >= 11 is 3.64. The SMILES string of the molecule is COc1ccccc1CC(C)N(C)CC(CBr)C(C)C.